The Morgan fingerprint density at radius 2 is 2.14 bits per heavy atom. The van der Waals surface area contributed by atoms with Gasteiger partial charge in [0.25, 0.3) is 5.91 Å². The second kappa shape index (κ2) is 6.96. The number of ether oxygens (including phenoxy) is 2. The molecule has 1 saturated carbocycles. The van der Waals surface area contributed by atoms with Gasteiger partial charge in [0, 0.05) is 29.8 Å². The molecule has 3 aromatic rings. The third-order valence-corrected chi connectivity index (χ3v) is 5.00. The summed E-state index contributed by atoms with van der Waals surface area (Å²) in [5, 5.41) is 2.75. The lowest BCUT2D eigenvalue weighted by Crippen LogP contribution is -2.39. The fourth-order valence-electron chi connectivity index (χ4n) is 3.32. The van der Waals surface area contributed by atoms with E-state index in [1.807, 2.05) is 16.8 Å². The molecule has 1 N–H and O–H groups in total. The molecule has 1 saturated heterocycles. The number of hydrogen-bond donors (Lipinski definition) is 1. The van der Waals surface area contributed by atoms with Crippen LogP contribution < -0.4 is 5.32 Å². The van der Waals surface area contributed by atoms with Crippen LogP contribution in [-0.2, 0) is 14.3 Å². The number of hydrogen-bond acceptors (Lipinski definition) is 5. The summed E-state index contributed by atoms with van der Waals surface area (Å²) in [6.07, 6.45) is 7.30. The van der Waals surface area contributed by atoms with Crippen molar-refractivity contribution in [1.29, 1.82) is 0 Å². The van der Waals surface area contributed by atoms with Crippen LogP contribution in [0.3, 0.4) is 0 Å². The molecule has 1 aliphatic heterocycles. The number of carbonyl (C=O) groups is 1. The van der Waals surface area contributed by atoms with E-state index in [1.54, 1.807) is 12.3 Å². The monoisotopic (exact) mass is 382 g/mol. The van der Waals surface area contributed by atoms with Crippen LogP contribution >= 0.6 is 0 Å². The number of nitrogens with one attached hydrogen (secondary N) is 1. The van der Waals surface area contributed by atoms with Crippen LogP contribution in [0.1, 0.15) is 24.3 Å². The molecule has 1 amide bonds. The molecule has 2 fully saturated rings. The van der Waals surface area contributed by atoms with Crippen LogP contribution in [0.5, 0.6) is 0 Å². The number of imidazole rings is 1. The van der Waals surface area contributed by atoms with Gasteiger partial charge >= 0.3 is 0 Å². The summed E-state index contributed by atoms with van der Waals surface area (Å²) in [5.74, 6) is 0.356. The van der Waals surface area contributed by atoms with Crippen molar-refractivity contribution in [2.75, 3.05) is 25.1 Å². The molecule has 1 aromatic carbocycles. The van der Waals surface area contributed by atoms with E-state index in [2.05, 4.69) is 15.3 Å². The Morgan fingerprint density at radius 3 is 2.93 bits per heavy atom. The maximum atomic E-state index is 14.5. The average molecular weight is 382 g/mol. The van der Waals surface area contributed by atoms with E-state index < -0.39 is 11.9 Å². The van der Waals surface area contributed by atoms with E-state index >= 15 is 0 Å². The van der Waals surface area contributed by atoms with Gasteiger partial charge in [-0.25, -0.2) is 14.4 Å². The van der Waals surface area contributed by atoms with Gasteiger partial charge in [-0.3, -0.25) is 9.20 Å². The maximum Gasteiger partial charge on any atom is 0.255 e. The van der Waals surface area contributed by atoms with E-state index in [4.69, 9.17) is 9.47 Å². The van der Waals surface area contributed by atoms with Crippen molar-refractivity contribution in [3.63, 3.8) is 0 Å². The zero-order valence-corrected chi connectivity index (χ0v) is 15.1. The Kier molecular flexibility index (Phi) is 4.29. The molecule has 0 spiro atoms. The van der Waals surface area contributed by atoms with Crippen LogP contribution in [0.4, 0.5) is 10.1 Å². The van der Waals surface area contributed by atoms with Gasteiger partial charge in [-0.15, -0.1) is 0 Å². The van der Waals surface area contributed by atoms with Crippen molar-refractivity contribution in [3.05, 3.63) is 48.2 Å². The second-order valence-corrected chi connectivity index (χ2v) is 7.11. The number of carbonyl (C=O) groups excluding carboxylic acids is 1. The highest BCUT2D eigenvalue weighted by molar-refractivity contribution is 5.94. The number of anilines is 1. The lowest BCUT2D eigenvalue weighted by Gasteiger charge is -2.22. The van der Waals surface area contributed by atoms with Gasteiger partial charge < -0.3 is 14.8 Å². The van der Waals surface area contributed by atoms with E-state index in [9.17, 15) is 9.18 Å². The molecule has 28 heavy (non-hydrogen) atoms. The second-order valence-electron chi connectivity index (χ2n) is 7.11. The topological polar surface area (TPSA) is 77.8 Å². The molecular weight excluding hydrogens is 363 g/mol. The van der Waals surface area contributed by atoms with E-state index in [0.29, 0.717) is 41.9 Å². The third kappa shape index (κ3) is 3.36. The summed E-state index contributed by atoms with van der Waals surface area (Å²) in [6, 6.07) is 4.40. The van der Waals surface area contributed by atoms with E-state index in [1.165, 1.54) is 30.5 Å². The number of amides is 1. The fourth-order valence-corrected chi connectivity index (χ4v) is 3.32. The predicted octanol–water partition coefficient (Wildman–Crippen LogP) is 2.77. The Morgan fingerprint density at radius 1 is 1.25 bits per heavy atom. The molecule has 1 atom stereocenters. The summed E-state index contributed by atoms with van der Waals surface area (Å²) < 4.78 is 26.9. The van der Waals surface area contributed by atoms with Gasteiger partial charge in [-0.2, -0.15) is 0 Å². The fraction of sp³-hybridized carbons (Fsp3) is 0.350. The zero-order chi connectivity index (χ0) is 19.1. The van der Waals surface area contributed by atoms with Crippen LogP contribution in [0.2, 0.25) is 0 Å². The van der Waals surface area contributed by atoms with Crippen LogP contribution in [0.25, 0.3) is 17.0 Å². The van der Waals surface area contributed by atoms with Crippen molar-refractivity contribution < 1.29 is 18.7 Å². The largest absolute Gasteiger partial charge is 0.376 e. The molecule has 2 aromatic heterocycles. The van der Waals surface area contributed by atoms with E-state index in [0.717, 1.165) is 0 Å². The molecule has 0 radical (unpaired) electrons. The molecule has 1 aliphatic carbocycles. The van der Waals surface area contributed by atoms with Crippen LogP contribution in [-0.4, -0.2) is 46.2 Å². The average Bonchev–Trinajstić information content (AvgIpc) is 3.48. The highest BCUT2D eigenvalue weighted by Gasteiger charge is 2.25. The maximum absolute atomic E-state index is 14.5. The van der Waals surface area contributed by atoms with Crippen molar-refractivity contribution in [3.8, 4) is 11.3 Å². The SMILES string of the molecule is O=C(Nc1ccc(F)c(-c2cn3cc(C4CC4)cnc3n2)c1)C1COCCO1. The van der Waals surface area contributed by atoms with Gasteiger partial charge in [-0.1, -0.05) is 0 Å². The minimum absolute atomic E-state index is 0.210. The summed E-state index contributed by atoms with van der Waals surface area (Å²) in [4.78, 5) is 21.1. The first-order chi connectivity index (χ1) is 13.7. The summed E-state index contributed by atoms with van der Waals surface area (Å²) in [7, 11) is 0. The minimum atomic E-state index is -0.664. The molecule has 1 unspecified atom stereocenters. The molecule has 5 rings (SSSR count). The predicted molar refractivity (Wildman–Crippen MR) is 99.5 cm³/mol. The number of aromatic nitrogens is 3. The van der Waals surface area contributed by atoms with Crippen LogP contribution in [0.15, 0.2) is 36.8 Å². The Bertz CT molecular complexity index is 1040. The molecule has 0 bridgehead atoms. The van der Waals surface area contributed by atoms with Gasteiger partial charge in [0.05, 0.1) is 25.5 Å². The molecule has 3 heterocycles. The molecular formula is C20H19FN4O3. The number of benzene rings is 1. The van der Waals surface area contributed by atoms with Crippen molar-refractivity contribution in [2.24, 2.45) is 0 Å². The number of nitrogens with zero attached hydrogens (tertiary/aromatic N) is 3. The first-order valence-electron chi connectivity index (χ1n) is 9.32. The molecule has 144 valence electrons. The number of rotatable bonds is 4. The van der Waals surface area contributed by atoms with Crippen molar-refractivity contribution >= 4 is 17.4 Å². The summed E-state index contributed by atoms with van der Waals surface area (Å²) in [6.45, 7) is 1.07. The highest BCUT2D eigenvalue weighted by Crippen LogP contribution is 2.39. The standard InChI is InChI=1S/C20H19FN4O3/c21-16-4-3-14(23-19(26)18-11-27-5-6-28-18)7-15(16)17-10-25-9-13(12-1-2-12)8-22-20(25)24-17/h3-4,7-10,12,18H,1-2,5-6,11H2,(H,23,26). The Hall–Kier alpha value is -2.84. The molecule has 7 nitrogen and oxygen atoms in total. The van der Waals surface area contributed by atoms with Gasteiger partial charge in [0.1, 0.15) is 5.82 Å². The normalized spacial score (nSPS) is 19.7. The van der Waals surface area contributed by atoms with Gasteiger partial charge in [0.15, 0.2) is 6.10 Å². The lowest BCUT2D eigenvalue weighted by molar-refractivity contribution is -0.142. The van der Waals surface area contributed by atoms with Crippen LogP contribution in [0, 0.1) is 5.82 Å². The quantitative estimate of drug-likeness (QED) is 0.751. The summed E-state index contributed by atoms with van der Waals surface area (Å²) >= 11 is 0. The van der Waals surface area contributed by atoms with Crippen molar-refractivity contribution in [2.45, 2.75) is 24.9 Å². The van der Waals surface area contributed by atoms with Gasteiger partial charge in [0.2, 0.25) is 5.78 Å². The smallest absolute Gasteiger partial charge is 0.255 e. The number of halogens is 1. The minimum Gasteiger partial charge on any atom is -0.376 e. The molecule has 2 aliphatic rings. The third-order valence-electron chi connectivity index (χ3n) is 5.00. The highest BCUT2D eigenvalue weighted by atomic mass is 19.1. The Balaban J connectivity index is 1.42. The first-order valence-corrected chi connectivity index (χ1v) is 9.32. The number of fused-ring (bicyclic) bond motifs is 1. The lowest BCUT2D eigenvalue weighted by atomic mass is 10.1. The van der Waals surface area contributed by atoms with Gasteiger partial charge in [-0.05, 0) is 42.5 Å². The summed E-state index contributed by atoms with van der Waals surface area (Å²) in [5.41, 5.74) is 2.41. The first kappa shape index (κ1) is 17.3. The zero-order valence-electron chi connectivity index (χ0n) is 15.1. The van der Waals surface area contributed by atoms with Crippen molar-refractivity contribution in [1.82, 2.24) is 14.4 Å². The van der Waals surface area contributed by atoms with E-state index in [-0.39, 0.29) is 12.5 Å². The Labute approximate surface area is 160 Å². The molecule has 8 heteroatoms.